The standard InChI is InChI=1S/2ClH.Cu.Ni/h2*1H;;/q;;+2;/p-2. The molecule has 0 spiro atoms. The first-order chi connectivity index (χ1) is 1.41. The van der Waals surface area contributed by atoms with Crippen molar-refractivity contribution in [3.05, 3.63) is 0 Å². The summed E-state index contributed by atoms with van der Waals surface area (Å²) in [4.78, 5) is 0. The number of rotatable bonds is 0. The Morgan fingerprint density at radius 3 is 1.25 bits per heavy atom. The second kappa shape index (κ2) is 8.82. The van der Waals surface area contributed by atoms with Crippen molar-refractivity contribution < 1.29 is 29.6 Å². The Balaban J connectivity index is 0. The van der Waals surface area contributed by atoms with Crippen molar-refractivity contribution in [2.45, 2.75) is 0 Å². The van der Waals surface area contributed by atoms with Gasteiger partial charge < -0.3 is 0 Å². The number of hydrogen-bond donors (Lipinski definition) is 0. The normalized spacial score (nSPS) is 5.50. The Hall–Kier alpha value is 1.59. The van der Waals surface area contributed by atoms with Crippen LogP contribution in [0.2, 0.25) is 0 Å². The molecule has 0 saturated carbocycles. The van der Waals surface area contributed by atoms with E-state index < -0.39 is 0 Å². The SMILES string of the molecule is [Cl][Cu][Cl].[Ni]. The molecule has 0 bridgehead atoms. The summed E-state index contributed by atoms with van der Waals surface area (Å²) in [6.45, 7) is 0. The molecule has 0 atom stereocenters. The van der Waals surface area contributed by atoms with E-state index in [0.29, 0.717) is 0 Å². The number of halogens is 2. The molecule has 0 aromatic heterocycles. The van der Waals surface area contributed by atoms with Gasteiger partial charge in [-0.15, -0.1) is 0 Å². The van der Waals surface area contributed by atoms with Gasteiger partial charge in [0, 0.05) is 16.5 Å². The minimum Gasteiger partial charge on any atom is 0 e. The zero-order valence-electron chi connectivity index (χ0n) is 1.37. The van der Waals surface area contributed by atoms with Crippen molar-refractivity contribution in [3.8, 4) is 0 Å². The van der Waals surface area contributed by atoms with E-state index in [0.717, 1.165) is 13.1 Å². The van der Waals surface area contributed by atoms with Gasteiger partial charge >= 0.3 is 33.3 Å². The Kier molecular flexibility index (Phi) is 20.1. The van der Waals surface area contributed by atoms with Crippen LogP contribution in [-0.4, -0.2) is 0 Å². The third-order valence-electron chi connectivity index (χ3n) is 0. The van der Waals surface area contributed by atoms with Crippen molar-refractivity contribution >= 4 is 20.2 Å². The van der Waals surface area contributed by atoms with Crippen LogP contribution in [0.15, 0.2) is 0 Å². The van der Waals surface area contributed by atoms with Crippen molar-refractivity contribution in [1.29, 1.82) is 0 Å². The van der Waals surface area contributed by atoms with Crippen molar-refractivity contribution in [1.82, 2.24) is 0 Å². The average Bonchev–Trinajstić information content (AvgIpc) is 0.918. The Morgan fingerprint density at radius 1 is 1.25 bits per heavy atom. The molecule has 0 amide bonds. The summed E-state index contributed by atoms with van der Waals surface area (Å²) >= 11 is 0.757. The van der Waals surface area contributed by atoms with Crippen LogP contribution in [0.4, 0.5) is 0 Å². The molecule has 0 aliphatic rings. The van der Waals surface area contributed by atoms with Crippen molar-refractivity contribution in [3.63, 3.8) is 0 Å². The summed E-state index contributed by atoms with van der Waals surface area (Å²) in [5, 5.41) is 0. The van der Waals surface area contributed by atoms with Gasteiger partial charge in [0.25, 0.3) is 0 Å². The van der Waals surface area contributed by atoms with E-state index >= 15 is 0 Å². The first kappa shape index (κ1) is 9.14. The third kappa shape index (κ3) is 9.52. The zero-order chi connectivity index (χ0) is 2.71. The first-order valence-corrected chi connectivity index (χ1v) is 2.82. The van der Waals surface area contributed by atoms with Gasteiger partial charge in [0.15, 0.2) is 0 Å². The van der Waals surface area contributed by atoms with Gasteiger partial charge in [0.05, 0.1) is 0 Å². The van der Waals surface area contributed by atoms with Crippen molar-refractivity contribution in [2.24, 2.45) is 0 Å². The van der Waals surface area contributed by atoms with Crippen LogP contribution in [-0.2, 0) is 29.6 Å². The molecule has 0 aromatic carbocycles. The van der Waals surface area contributed by atoms with E-state index in [1.807, 2.05) is 0 Å². The summed E-state index contributed by atoms with van der Waals surface area (Å²) in [6, 6.07) is 0. The Labute approximate surface area is 49.8 Å². The van der Waals surface area contributed by atoms with Crippen LogP contribution < -0.4 is 0 Å². The predicted molar refractivity (Wildman–Crippen MR) is 11.7 cm³/mol. The second-order valence-electron chi connectivity index (χ2n) is 0.0431. The van der Waals surface area contributed by atoms with Crippen LogP contribution in [0, 0.1) is 0 Å². The molecule has 0 unspecified atom stereocenters. The van der Waals surface area contributed by atoms with Gasteiger partial charge in [-0.3, -0.25) is 0 Å². The molecule has 0 heterocycles. The molecule has 0 aromatic rings. The molecular weight excluding hydrogens is 193 g/mol. The van der Waals surface area contributed by atoms with Gasteiger partial charge in [0.2, 0.25) is 0 Å². The maximum absolute atomic E-state index is 4.67. The summed E-state index contributed by atoms with van der Waals surface area (Å²) in [7, 11) is 9.34. The molecule has 35 valence electrons. The molecule has 4 heteroatoms. The molecule has 0 saturated heterocycles. The molecule has 0 aliphatic carbocycles. The first-order valence-electron chi connectivity index (χ1n) is 0.228. The third-order valence-corrected chi connectivity index (χ3v) is 0. The molecule has 0 rings (SSSR count). The minimum atomic E-state index is 0. The van der Waals surface area contributed by atoms with E-state index in [-0.39, 0.29) is 16.5 Å². The second-order valence-corrected chi connectivity index (χ2v) is 1.60. The largest absolute Gasteiger partial charge is 0 e. The minimum absolute atomic E-state index is 0. The smallest absolute Gasteiger partial charge is 0 e. The molecule has 0 N–H and O–H groups in total. The molecule has 0 radical (unpaired) electrons. The van der Waals surface area contributed by atoms with Crippen molar-refractivity contribution in [2.75, 3.05) is 0 Å². The summed E-state index contributed by atoms with van der Waals surface area (Å²) in [5.41, 5.74) is 0. The topological polar surface area (TPSA) is 0 Å². The molecule has 0 nitrogen and oxygen atoms in total. The van der Waals surface area contributed by atoms with Gasteiger partial charge in [-0.25, -0.2) is 0 Å². The fourth-order valence-corrected chi connectivity index (χ4v) is 0. The predicted octanol–water partition coefficient (Wildman–Crippen LogP) is 1.37. The van der Waals surface area contributed by atoms with Gasteiger partial charge in [-0.05, 0) is 0 Å². The van der Waals surface area contributed by atoms with Gasteiger partial charge in [-0.2, -0.15) is 0 Å². The molecular formula is Cl2CuNi. The van der Waals surface area contributed by atoms with Crippen LogP contribution >= 0.6 is 20.2 Å². The van der Waals surface area contributed by atoms with Crippen LogP contribution in [0.1, 0.15) is 0 Å². The number of hydrogen-bond acceptors (Lipinski definition) is 0. The summed E-state index contributed by atoms with van der Waals surface area (Å²) in [6.07, 6.45) is 0. The summed E-state index contributed by atoms with van der Waals surface area (Å²) in [5.74, 6) is 0. The maximum Gasteiger partial charge on any atom is 0 e. The van der Waals surface area contributed by atoms with Gasteiger partial charge in [-0.1, -0.05) is 0 Å². The van der Waals surface area contributed by atoms with Crippen LogP contribution in [0.25, 0.3) is 0 Å². The zero-order valence-corrected chi connectivity index (χ0v) is 4.81. The van der Waals surface area contributed by atoms with E-state index in [4.69, 9.17) is 0 Å². The van der Waals surface area contributed by atoms with Crippen LogP contribution in [0.3, 0.4) is 0 Å². The fraction of sp³-hybridized carbons (Fsp3) is 0. The van der Waals surface area contributed by atoms with E-state index in [1.54, 1.807) is 0 Å². The molecule has 4 heavy (non-hydrogen) atoms. The van der Waals surface area contributed by atoms with E-state index in [9.17, 15) is 0 Å². The Morgan fingerprint density at radius 2 is 1.25 bits per heavy atom. The fourth-order valence-electron chi connectivity index (χ4n) is 0. The summed E-state index contributed by atoms with van der Waals surface area (Å²) < 4.78 is 0. The average molecular weight is 193 g/mol. The maximum atomic E-state index is 4.67. The Bertz CT molecular complexity index is 6.00. The van der Waals surface area contributed by atoms with Gasteiger partial charge in [0.1, 0.15) is 0 Å². The molecule has 0 aliphatic heterocycles. The monoisotopic (exact) mass is 191 g/mol. The molecule has 0 fully saturated rings. The van der Waals surface area contributed by atoms with E-state index in [2.05, 4.69) is 20.2 Å². The van der Waals surface area contributed by atoms with Crippen LogP contribution in [0.5, 0.6) is 0 Å². The van der Waals surface area contributed by atoms with E-state index in [1.165, 1.54) is 0 Å². The quantitative estimate of drug-likeness (QED) is 0.510.